The largest absolute Gasteiger partial charge is 0.384 e. The predicted molar refractivity (Wildman–Crippen MR) is 87.8 cm³/mol. The van der Waals surface area contributed by atoms with Gasteiger partial charge in [0.05, 0.1) is 21.7 Å². The van der Waals surface area contributed by atoms with Crippen molar-refractivity contribution >= 4 is 52.1 Å². The van der Waals surface area contributed by atoms with Gasteiger partial charge >= 0.3 is 0 Å². The van der Waals surface area contributed by atoms with Crippen LogP contribution in [0.3, 0.4) is 0 Å². The summed E-state index contributed by atoms with van der Waals surface area (Å²) in [7, 11) is 0. The van der Waals surface area contributed by atoms with Crippen LogP contribution < -0.4 is 10.6 Å². The molecule has 0 saturated carbocycles. The average molecular weight is 342 g/mol. The molecule has 2 aromatic carbocycles. The molecule has 6 heteroatoms. The first-order chi connectivity index (χ1) is 10.1. The summed E-state index contributed by atoms with van der Waals surface area (Å²) in [6, 6.07) is 10.8. The van der Waals surface area contributed by atoms with Crippen LogP contribution in [0.5, 0.6) is 0 Å². The normalized spacial score (nSPS) is 16.2. The minimum Gasteiger partial charge on any atom is -0.384 e. The van der Waals surface area contributed by atoms with Crippen molar-refractivity contribution in [2.75, 3.05) is 17.2 Å². The summed E-state index contributed by atoms with van der Waals surface area (Å²) in [5.41, 5.74) is 2.33. The molecule has 108 valence electrons. The molecule has 1 heterocycles. The predicted octanol–water partition coefficient (Wildman–Crippen LogP) is 4.79. The van der Waals surface area contributed by atoms with Crippen LogP contribution in [0.25, 0.3) is 0 Å². The van der Waals surface area contributed by atoms with Gasteiger partial charge in [0.25, 0.3) is 0 Å². The third kappa shape index (κ3) is 2.82. The molecule has 0 radical (unpaired) electrons. The SMILES string of the molecule is O=C(Nc1c(Cl)cc(Cl)cc1Cl)C1CNc2ccccc21. The van der Waals surface area contributed by atoms with E-state index in [2.05, 4.69) is 10.6 Å². The lowest BCUT2D eigenvalue weighted by atomic mass is 10.0. The third-order valence-corrected chi connectivity index (χ3v) is 4.22. The van der Waals surface area contributed by atoms with Crippen LogP contribution in [0.15, 0.2) is 36.4 Å². The summed E-state index contributed by atoms with van der Waals surface area (Å²) in [6.45, 7) is 0.550. The van der Waals surface area contributed by atoms with Crippen molar-refractivity contribution in [2.45, 2.75) is 5.92 Å². The van der Waals surface area contributed by atoms with Crippen molar-refractivity contribution < 1.29 is 4.79 Å². The first kappa shape index (κ1) is 14.5. The van der Waals surface area contributed by atoms with Gasteiger partial charge in [-0.15, -0.1) is 0 Å². The lowest BCUT2D eigenvalue weighted by molar-refractivity contribution is -0.117. The number of para-hydroxylation sites is 1. The average Bonchev–Trinajstić information content (AvgIpc) is 2.86. The van der Waals surface area contributed by atoms with E-state index in [1.54, 1.807) is 12.1 Å². The zero-order valence-corrected chi connectivity index (χ0v) is 13.1. The Balaban J connectivity index is 1.86. The Morgan fingerprint density at radius 3 is 2.52 bits per heavy atom. The molecule has 2 N–H and O–H groups in total. The summed E-state index contributed by atoms with van der Waals surface area (Å²) in [4.78, 5) is 12.5. The van der Waals surface area contributed by atoms with Crippen LogP contribution in [0.4, 0.5) is 11.4 Å². The Morgan fingerprint density at radius 2 is 1.81 bits per heavy atom. The highest BCUT2D eigenvalue weighted by molar-refractivity contribution is 6.42. The Hall–Kier alpha value is -1.42. The number of nitrogens with one attached hydrogen (secondary N) is 2. The molecule has 0 aliphatic carbocycles. The maximum absolute atomic E-state index is 12.5. The van der Waals surface area contributed by atoms with Gasteiger partial charge in [-0.25, -0.2) is 0 Å². The molecule has 0 saturated heterocycles. The summed E-state index contributed by atoms with van der Waals surface area (Å²) < 4.78 is 0. The first-order valence-corrected chi connectivity index (χ1v) is 7.48. The minimum atomic E-state index is -0.274. The molecule has 0 spiro atoms. The van der Waals surface area contributed by atoms with E-state index < -0.39 is 0 Å². The van der Waals surface area contributed by atoms with Gasteiger partial charge in [-0.3, -0.25) is 4.79 Å². The molecular formula is C15H11Cl3N2O. The molecule has 2 aromatic rings. The van der Waals surface area contributed by atoms with E-state index in [1.807, 2.05) is 24.3 Å². The second kappa shape index (κ2) is 5.76. The fourth-order valence-electron chi connectivity index (χ4n) is 2.39. The van der Waals surface area contributed by atoms with Crippen molar-refractivity contribution in [1.82, 2.24) is 0 Å². The van der Waals surface area contributed by atoms with Gasteiger partial charge < -0.3 is 10.6 Å². The van der Waals surface area contributed by atoms with Crippen LogP contribution >= 0.6 is 34.8 Å². The van der Waals surface area contributed by atoms with E-state index in [9.17, 15) is 4.79 Å². The lowest BCUT2D eigenvalue weighted by Crippen LogP contribution is -2.22. The van der Waals surface area contributed by atoms with Gasteiger partial charge in [-0.2, -0.15) is 0 Å². The molecular weight excluding hydrogens is 331 g/mol. The number of carbonyl (C=O) groups excluding carboxylic acids is 1. The molecule has 3 nitrogen and oxygen atoms in total. The zero-order chi connectivity index (χ0) is 15.0. The quantitative estimate of drug-likeness (QED) is 0.824. The van der Waals surface area contributed by atoms with Crippen molar-refractivity contribution in [3.8, 4) is 0 Å². The summed E-state index contributed by atoms with van der Waals surface area (Å²) in [5.74, 6) is -0.428. The highest BCUT2D eigenvalue weighted by atomic mass is 35.5. The molecule has 1 amide bonds. The van der Waals surface area contributed by atoms with Crippen LogP contribution in [-0.2, 0) is 4.79 Å². The van der Waals surface area contributed by atoms with E-state index >= 15 is 0 Å². The number of fused-ring (bicyclic) bond motifs is 1. The molecule has 1 unspecified atom stereocenters. The zero-order valence-electron chi connectivity index (χ0n) is 10.8. The van der Waals surface area contributed by atoms with Crippen molar-refractivity contribution in [3.05, 3.63) is 57.0 Å². The van der Waals surface area contributed by atoms with Crippen molar-refractivity contribution in [2.24, 2.45) is 0 Å². The first-order valence-electron chi connectivity index (χ1n) is 6.34. The molecule has 21 heavy (non-hydrogen) atoms. The molecule has 1 aliphatic rings. The number of benzene rings is 2. The molecule has 0 bridgehead atoms. The fraction of sp³-hybridized carbons (Fsp3) is 0.133. The highest BCUT2D eigenvalue weighted by Crippen LogP contribution is 2.36. The third-order valence-electron chi connectivity index (χ3n) is 3.40. The molecule has 3 rings (SSSR count). The van der Waals surface area contributed by atoms with Gasteiger partial charge in [0.2, 0.25) is 5.91 Å². The van der Waals surface area contributed by atoms with E-state index in [0.717, 1.165) is 11.3 Å². The molecule has 0 fully saturated rings. The molecule has 0 aromatic heterocycles. The molecule has 1 aliphatic heterocycles. The second-order valence-corrected chi connectivity index (χ2v) is 6.01. The van der Waals surface area contributed by atoms with Gasteiger partial charge in [-0.1, -0.05) is 53.0 Å². The Kier molecular flexibility index (Phi) is 3.98. The van der Waals surface area contributed by atoms with Crippen LogP contribution in [0.2, 0.25) is 15.1 Å². The van der Waals surface area contributed by atoms with E-state index in [1.165, 1.54) is 0 Å². The number of carbonyl (C=O) groups is 1. The monoisotopic (exact) mass is 340 g/mol. The lowest BCUT2D eigenvalue weighted by Gasteiger charge is -2.14. The Labute approximate surface area is 137 Å². The number of hydrogen-bond donors (Lipinski definition) is 2. The number of amides is 1. The number of hydrogen-bond acceptors (Lipinski definition) is 2. The number of rotatable bonds is 2. The van der Waals surface area contributed by atoms with Gasteiger partial charge in [0.15, 0.2) is 0 Å². The maximum atomic E-state index is 12.5. The molecule has 1 atom stereocenters. The smallest absolute Gasteiger partial charge is 0.233 e. The summed E-state index contributed by atoms with van der Waals surface area (Å²) in [5, 5.41) is 7.06. The Bertz CT molecular complexity index is 695. The fourth-order valence-corrected chi connectivity index (χ4v) is 3.30. The van der Waals surface area contributed by atoms with Crippen molar-refractivity contribution in [3.63, 3.8) is 0 Å². The van der Waals surface area contributed by atoms with Gasteiger partial charge in [0, 0.05) is 17.3 Å². The van der Waals surface area contributed by atoms with Gasteiger partial charge in [-0.05, 0) is 23.8 Å². The number of halogens is 3. The summed E-state index contributed by atoms with van der Waals surface area (Å²) >= 11 is 18.0. The summed E-state index contributed by atoms with van der Waals surface area (Å²) in [6.07, 6.45) is 0. The van der Waals surface area contributed by atoms with Gasteiger partial charge in [0.1, 0.15) is 0 Å². The van der Waals surface area contributed by atoms with Crippen molar-refractivity contribution in [1.29, 1.82) is 0 Å². The van der Waals surface area contributed by atoms with E-state index in [-0.39, 0.29) is 11.8 Å². The minimum absolute atomic E-state index is 0.154. The Morgan fingerprint density at radius 1 is 1.14 bits per heavy atom. The number of anilines is 2. The maximum Gasteiger partial charge on any atom is 0.233 e. The van der Waals surface area contributed by atoms with Crippen LogP contribution in [-0.4, -0.2) is 12.5 Å². The standard InChI is InChI=1S/C15H11Cl3N2O/c16-8-5-11(17)14(12(18)6-8)20-15(21)10-7-19-13-4-2-1-3-9(10)13/h1-6,10,19H,7H2,(H,20,21). The van der Waals surface area contributed by atoms with Crippen LogP contribution in [0, 0.1) is 0 Å². The van der Waals surface area contributed by atoms with Crippen LogP contribution in [0.1, 0.15) is 11.5 Å². The highest BCUT2D eigenvalue weighted by Gasteiger charge is 2.28. The second-order valence-electron chi connectivity index (χ2n) is 4.75. The van der Waals surface area contributed by atoms with E-state index in [0.29, 0.717) is 27.3 Å². The topological polar surface area (TPSA) is 41.1 Å². The van der Waals surface area contributed by atoms with E-state index in [4.69, 9.17) is 34.8 Å².